The highest BCUT2D eigenvalue weighted by molar-refractivity contribution is 6.04. The van der Waals surface area contributed by atoms with Crippen LogP contribution in [0, 0.1) is 5.92 Å². The molecule has 0 radical (unpaired) electrons. The third-order valence-electron chi connectivity index (χ3n) is 5.11. The number of aromatic amines is 1. The maximum absolute atomic E-state index is 12.6. The van der Waals surface area contributed by atoms with Gasteiger partial charge in [0.1, 0.15) is 0 Å². The van der Waals surface area contributed by atoms with E-state index >= 15 is 0 Å². The zero-order chi connectivity index (χ0) is 20.5. The molecular weight excluding hydrogens is 352 g/mol. The van der Waals surface area contributed by atoms with Gasteiger partial charge in [-0.3, -0.25) is 14.7 Å². The Hall–Kier alpha value is -2.63. The van der Waals surface area contributed by atoms with Gasteiger partial charge in [0.15, 0.2) is 5.82 Å². The molecule has 0 atom stereocenters. The van der Waals surface area contributed by atoms with Crippen molar-refractivity contribution in [2.45, 2.75) is 59.4 Å². The number of carbonyl (C=O) groups is 2. The number of aromatic nitrogens is 2. The lowest BCUT2D eigenvalue weighted by Crippen LogP contribution is -2.36. The Labute approximate surface area is 166 Å². The van der Waals surface area contributed by atoms with Gasteiger partial charge < -0.3 is 10.2 Å². The van der Waals surface area contributed by atoms with Crippen molar-refractivity contribution >= 4 is 17.6 Å². The number of rotatable bonds is 4. The fourth-order valence-corrected chi connectivity index (χ4v) is 3.41. The van der Waals surface area contributed by atoms with E-state index in [1.807, 2.05) is 43.0 Å². The highest BCUT2D eigenvalue weighted by Gasteiger charge is 2.26. The van der Waals surface area contributed by atoms with Crippen LogP contribution in [0.15, 0.2) is 24.3 Å². The zero-order valence-corrected chi connectivity index (χ0v) is 17.4. The molecule has 2 heterocycles. The standard InChI is InChI=1S/C22H30N4O2/c1-14(2)12-19(27)26-11-10-17-18(13-26)24-25-20(17)23-21(28)15-6-8-16(9-7-15)22(3,4)5/h6-9,14H,10-13H2,1-5H3,(H2,23,24,25,28). The number of fused-ring (bicyclic) bond motifs is 1. The SMILES string of the molecule is CC(C)CC(=O)N1CCc2c(NC(=O)c3ccc(C(C)(C)C)cc3)n[nH]c2C1. The molecule has 0 bridgehead atoms. The first-order valence-corrected chi connectivity index (χ1v) is 9.91. The Bertz CT molecular complexity index is 860. The molecular formula is C22H30N4O2. The van der Waals surface area contributed by atoms with Crippen LogP contribution in [-0.4, -0.2) is 33.5 Å². The first-order chi connectivity index (χ1) is 13.1. The number of nitrogens with zero attached hydrogens (tertiary/aromatic N) is 2. The molecule has 0 spiro atoms. The lowest BCUT2D eigenvalue weighted by molar-refractivity contribution is -0.132. The van der Waals surface area contributed by atoms with Gasteiger partial charge in [0, 0.05) is 24.1 Å². The van der Waals surface area contributed by atoms with E-state index in [1.54, 1.807) is 0 Å². The number of H-pyrrole nitrogens is 1. The van der Waals surface area contributed by atoms with Gasteiger partial charge in [-0.25, -0.2) is 0 Å². The summed E-state index contributed by atoms with van der Waals surface area (Å²) in [6, 6.07) is 7.68. The number of carbonyl (C=O) groups excluding carboxylic acids is 2. The normalized spacial score (nSPS) is 14.1. The highest BCUT2D eigenvalue weighted by atomic mass is 16.2. The molecule has 0 aliphatic carbocycles. The summed E-state index contributed by atoms with van der Waals surface area (Å²) in [7, 11) is 0. The molecule has 3 rings (SSSR count). The molecule has 6 nitrogen and oxygen atoms in total. The maximum atomic E-state index is 12.6. The molecule has 0 saturated carbocycles. The van der Waals surface area contributed by atoms with E-state index in [1.165, 1.54) is 5.56 Å². The molecule has 150 valence electrons. The summed E-state index contributed by atoms with van der Waals surface area (Å²) >= 11 is 0. The van der Waals surface area contributed by atoms with Gasteiger partial charge in [-0.2, -0.15) is 5.10 Å². The lowest BCUT2D eigenvalue weighted by Gasteiger charge is -2.27. The first-order valence-electron chi connectivity index (χ1n) is 9.91. The molecule has 1 aliphatic rings. The molecule has 28 heavy (non-hydrogen) atoms. The van der Waals surface area contributed by atoms with Crippen LogP contribution in [0.1, 0.15) is 68.2 Å². The quantitative estimate of drug-likeness (QED) is 0.842. The van der Waals surface area contributed by atoms with Crippen molar-refractivity contribution in [3.05, 3.63) is 46.6 Å². The van der Waals surface area contributed by atoms with Crippen LogP contribution in [-0.2, 0) is 23.2 Å². The monoisotopic (exact) mass is 382 g/mol. The van der Waals surface area contributed by atoms with Gasteiger partial charge in [-0.15, -0.1) is 0 Å². The smallest absolute Gasteiger partial charge is 0.256 e. The van der Waals surface area contributed by atoms with Crippen LogP contribution >= 0.6 is 0 Å². The largest absolute Gasteiger partial charge is 0.336 e. The van der Waals surface area contributed by atoms with E-state index in [0.717, 1.165) is 11.3 Å². The van der Waals surface area contributed by atoms with Crippen LogP contribution in [0.5, 0.6) is 0 Å². The average Bonchev–Trinajstić information content (AvgIpc) is 3.02. The van der Waals surface area contributed by atoms with Crippen molar-refractivity contribution in [2.75, 3.05) is 11.9 Å². The van der Waals surface area contributed by atoms with Crippen LogP contribution < -0.4 is 5.32 Å². The lowest BCUT2D eigenvalue weighted by atomic mass is 9.87. The average molecular weight is 383 g/mol. The minimum absolute atomic E-state index is 0.0507. The topological polar surface area (TPSA) is 78.1 Å². The Morgan fingerprint density at radius 3 is 2.50 bits per heavy atom. The second-order valence-corrected chi connectivity index (χ2v) is 8.97. The zero-order valence-electron chi connectivity index (χ0n) is 17.4. The van der Waals surface area contributed by atoms with E-state index in [2.05, 4.69) is 36.3 Å². The molecule has 1 aromatic carbocycles. The van der Waals surface area contributed by atoms with Crippen molar-refractivity contribution in [3.63, 3.8) is 0 Å². The summed E-state index contributed by atoms with van der Waals surface area (Å²) in [6.07, 6.45) is 1.24. The molecule has 1 aliphatic heterocycles. The molecule has 0 fully saturated rings. The number of anilines is 1. The molecule has 6 heteroatoms. The van der Waals surface area contributed by atoms with Crippen LogP contribution in [0.25, 0.3) is 0 Å². The minimum atomic E-state index is -0.173. The van der Waals surface area contributed by atoms with Gasteiger partial charge in [-0.1, -0.05) is 46.8 Å². The van der Waals surface area contributed by atoms with E-state index in [9.17, 15) is 9.59 Å². The van der Waals surface area contributed by atoms with Gasteiger partial charge in [0.25, 0.3) is 5.91 Å². The van der Waals surface area contributed by atoms with E-state index in [-0.39, 0.29) is 17.2 Å². The van der Waals surface area contributed by atoms with Crippen molar-refractivity contribution in [2.24, 2.45) is 5.92 Å². The number of amides is 2. The molecule has 0 unspecified atom stereocenters. The van der Waals surface area contributed by atoms with Crippen molar-refractivity contribution < 1.29 is 9.59 Å². The van der Waals surface area contributed by atoms with Gasteiger partial charge in [0.2, 0.25) is 5.91 Å². The Morgan fingerprint density at radius 1 is 1.21 bits per heavy atom. The summed E-state index contributed by atoms with van der Waals surface area (Å²) in [5.74, 6) is 0.902. The van der Waals surface area contributed by atoms with Crippen molar-refractivity contribution in [1.82, 2.24) is 15.1 Å². The van der Waals surface area contributed by atoms with E-state index in [0.29, 0.717) is 43.2 Å². The van der Waals surface area contributed by atoms with Gasteiger partial charge in [0.05, 0.1) is 12.2 Å². The van der Waals surface area contributed by atoms with Gasteiger partial charge >= 0.3 is 0 Å². The summed E-state index contributed by atoms with van der Waals surface area (Å²) in [5.41, 5.74) is 3.74. The number of hydrogen-bond acceptors (Lipinski definition) is 3. The summed E-state index contributed by atoms with van der Waals surface area (Å²) in [5, 5.41) is 10.2. The molecule has 2 N–H and O–H groups in total. The number of hydrogen-bond donors (Lipinski definition) is 2. The third kappa shape index (κ3) is 4.43. The van der Waals surface area contributed by atoms with E-state index in [4.69, 9.17) is 0 Å². The molecule has 1 aromatic heterocycles. The predicted octanol–water partition coefficient (Wildman–Crippen LogP) is 3.89. The molecule has 2 amide bonds. The van der Waals surface area contributed by atoms with E-state index < -0.39 is 0 Å². The fourth-order valence-electron chi connectivity index (χ4n) is 3.41. The molecule has 2 aromatic rings. The Balaban J connectivity index is 1.68. The molecule has 0 saturated heterocycles. The predicted molar refractivity (Wildman–Crippen MR) is 110 cm³/mol. The second kappa shape index (κ2) is 7.78. The summed E-state index contributed by atoms with van der Waals surface area (Å²) < 4.78 is 0. The first kappa shape index (κ1) is 20.1. The highest BCUT2D eigenvalue weighted by Crippen LogP contribution is 2.26. The maximum Gasteiger partial charge on any atom is 0.256 e. The fraction of sp³-hybridized carbons (Fsp3) is 0.500. The summed E-state index contributed by atoms with van der Waals surface area (Å²) in [4.78, 5) is 26.8. The van der Waals surface area contributed by atoms with Crippen molar-refractivity contribution in [1.29, 1.82) is 0 Å². The van der Waals surface area contributed by atoms with Gasteiger partial charge in [-0.05, 0) is 35.4 Å². The van der Waals surface area contributed by atoms with Crippen LogP contribution in [0.3, 0.4) is 0 Å². The Kier molecular flexibility index (Phi) is 5.59. The number of benzene rings is 1. The third-order valence-corrected chi connectivity index (χ3v) is 5.11. The Morgan fingerprint density at radius 2 is 1.89 bits per heavy atom. The number of nitrogens with one attached hydrogen (secondary N) is 2. The van der Waals surface area contributed by atoms with Crippen molar-refractivity contribution in [3.8, 4) is 0 Å². The second-order valence-electron chi connectivity index (χ2n) is 8.97. The minimum Gasteiger partial charge on any atom is -0.336 e. The van der Waals surface area contributed by atoms with Crippen LogP contribution in [0.2, 0.25) is 0 Å². The summed E-state index contributed by atoms with van der Waals surface area (Å²) in [6.45, 7) is 11.7. The van der Waals surface area contributed by atoms with Crippen LogP contribution in [0.4, 0.5) is 5.82 Å².